The Morgan fingerprint density at radius 3 is 1.97 bits per heavy atom. The molecule has 0 aliphatic heterocycles. The van der Waals surface area contributed by atoms with E-state index in [1.54, 1.807) is 16.7 Å². The molecule has 0 spiro atoms. The molecule has 35 heavy (non-hydrogen) atoms. The van der Waals surface area contributed by atoms with Crippen LogP contribution in [-0.2, 0) is 0 Å². The molecule has 0 saturated heterocycles. The third-order valence-corrected chi connectivity index (χ3v) is 6.32. The van der Waals surface area contributed by atoms with Crippen LogP contribution in [0.2, 0.25) is 0 Å². The van der Waals surface area contributed by atoms with Gasteiger partial charge in [-0.1, -0.05) is 60.7 Å². The Balaban J connectivity index is 1.67. The smallest absolute Gasteiger partial charge is 0.262 e. The molecule has 0 aliphatic carbocycles. The molecule has 5 rings (SSSR count). The molecular weight excluding hydrogens is 432 g/mol. The summed E-state index contributed by atoms with van der Waals surface area (Å²) in [6, 6.07) is 35.1. The van der Waals surface area contributed by atoms with Crippen molar-refractivity contribution in [3.8, 4) is 6.07 Å². The van der Waals surface area contributed by atoms with Crippen LogP contribution in [0.15, 0.2) is 108 Å². The zero-order valence-corrected chi connectivity index (χ0v) is 19.6. The maximum atomic E-state index is 14.0. The second-order valence-corrected chi connectivity index (χ2v) is 8.48. The van der Waals surface area contributed by atoms with Crippen molar-refractivity contribution in [1.29, 1.82) is 5.26 Å². The quantitative estimate of drug-likeness (QED) is 0.326. The monoisotopic (exact) mass is 456 g/mol. The van der Waals surface area contributed by atoms with Crippen molar-refractivity contribution in [2.24, 2.45) is 0 Å². The van der Waals surface area contributed by atoms with Gasteiger partial charge in [-0.3, -0.25) is 9.36 Å². The fourth-order valence-electron chi connectivity index (χ4n) is 4.48. The van der Waals surface area contributed by atoms with E-state index in [4.69, 9.17) is 10.2 Å². The minimum absolute atomic E-state index is 0.0831. The van der Waals surface area contributed by atoms with Gasteiger partial charge in [-0.25, -0.2) is 4.98 Å². The molecule has 0 aliphatic rings. The largest absolute Gasteiger partial charge is 0.345 e. The first-order valence-electron chi connectivity index (χ1n) is 11.4. The number of hydrogen-bond donors (Lipinski definition) is 0. The molecule has 0 bridgehead atoms. The number of hydrogen-bond acceptors (Lipinski definition) is 4. The van der Waals surface area contributed by atoms with Gasteiger partial charge in [0.25, 0.3) is 5.56 Å². The van der Waals surface area contributed by atoms with Crippen LogP contribution in [0, 0.1) is 18.3 Å². The third-order valence-electron chi connectivity index (χ3n) is 6.32. The number of aryl methyl sites for hydroxylation is 1. The fraction of sp³-hybridized carbons (Fsp3) is 0.100. The van der Waals surface area contributed by atoms with E-state index in [1.165, 1.54) is 0 Å². The summed E-state index contributed by atoms with van der Waals surface area (Å²) in [6.45, 7) is 1.89. The Hall–Kier alpha value is -4.69. The molecule has 4 aromatic carbocycles. The summed E-state index contributed by atoms with van der Waals surface area (Å²) in [4.78, 5) is 20.8. The van der Waals surface area contributed by atoms with Gasteiger partial charge >= 0.3 is 0 Å². The van der Waals surface area contributed by atoms with Crippen LogP contribution >= 0.6 is 0 Å². The Morgan fingerprint density at radius 2 is 1.40 bits per heavy atom. The first-order chi connectivity index (χ1) is 17.1. The van der Waals surface area contributed by atoms with Crippen LogP contribution in [0.4, 0.5) is 11.4 Å². The molecule has 0 N–H and O–H groups in total. The van der Waals surface area contributed by atoms with Crippen molar-refractivity contribution >= 4 is 22.3 Å². The summed E-state index contributed by atoms with van der Waals surface area (Å²) < 4.78 is 1.79. The molecule has 0 radical (unpaired) electrons. The van der Waals surface area contributed by atoms with Gasteiger partial charge in [-0.2, -0.15) is 5.26 Å². The van der Waals surface area contributed by atoms with Gasteiger partial charge in [0.05, 0.1) is 28.6 Å². The zero-order chi connectivity index (χ0) is 24.4. The molecule has 0 atom stereocenters. The van der Waals surface area contributed by atoms with Gasteiger partial charge in [0.1, 0.15) is 5.82 Å². The Bertz CT molecular complexity index is 1540. The summed E-state index contributed by atoms with van der Waals surface area (Å²) in [5.41, 5.74) is 5.03. The van der Waals surface area contributed by atoms with Crippen molar-refractivity contribution in [2.75, 3.05) is 11.9 Å². The van der Waals surface area contributed by atoms with E-state index in [1.807, 2.05) is 110 Å². The van der Waals surface area contributed by atoms with Gasteiger partial charge in [-0.15, -0.1) is 0 Å². The highest BCUT2D eigenvalue weighted by molar-refractivity contribution is 5.83. The summed E-state index contributed by atoms with van der Waals surface area (Å²) in [7, 11) is 1.94. The number of benzene rings is 4. The van der Waals surface area contributed by atoms with Crippen LogP contribution in [-0.4, -0.2) is 16.6 Å². The molecule has 0 unspecified atom stereocenters. The first kappa shape index (κ1) is 22.1. The summed E-state index contributed by atoms with van der Waals surface area (Å²) >= 11 is 0. The van der Waals surface area contributed by atoms with Crippen molar-refractivity contribution in [1.82, 2.24) is 9.55 Å². The number of nitriles is 1. The predicted octanol–water partition coefficient (Wildman–Crippen LogP) is 5.98. The Kier molecular flexibility index (Phi) is 5.87. The summed E-state index contributed by atoms with van der Waals surface area (Å²) in [5.74, 6) is 0.661. The van der Waals surface area contributed by atoms with E-state index in [0.717, 1.165) is 22.5 Å². The third kappa shape index (κ3) is 4.18. The minimum Gasteiger partial charge on any atom is -0.345 e. The zero-order valence-electron chi connectivity index (χ0n) is 19.6. The lowest BCUT2D eigenvalue weighted by atomic mass is 9.98. The topological polar surface area (TPSA) is 61.9 Å². The highest BCUT2D eigenvalue weighted by Gasteiger charge is 2.21. The summed E-state index contributed by atoms with van der Waals surface area (Å²) in [6.07, 6.45) is 0. The van der Waals surface area contributed by atoms with Crippen LogP contribution in [0.1, 0.15) is 28.6 Å². The number of nitrogens with zero attached hydrogens (tertiary/aromatic N) is 4. The van der Waals surface area contributed by atoms with Crippen molar-refractivity contribution in [3.63, 3.8) is 0 Å². The van der Waals surface area contributed by atoms with Crippen molar-refractivity contribution < 1.29 is 0 Å². The van der Waals surface area contributed by atoms with E-state index in [0.29, 0.717) is 22.3 Å². The van der Waals surface area contributed by atoms with E-state index in [-0.39, 0.29) is 11.6 Å². The molecule has 5 aromatic rings. The van der Waals surface area contributed by atoms with E-state index in [2.05, 4.69) is 6.07 Å². The molecule has 0 amide bonds. The molecule has 1 heterocycles. The Labute approximate surface area is 204 Å². The highest BCUT2D eigenvalue weighted by Crippen LogP contribution is 2.29. The van der Waals surface area contributed by atoms with Gasteiger partial charge < -0.3 is 4.90 Å². The second-order valence-electron chi connectivity index (χ2n) is 8.48. The van der Waals surface area contributed by atoms with Crippen LogP contribution < -0.4 is 10.5 Å². The molecule has 0 saturated carbocycles. The van der Waals surface area contributed by atoms with Crippen molar-refractivity contribution in [2.45, 2.75) is 13.0 Å². The molecule has 0 fully saturated rings. The molecule has 5 nitrogen and oxygen atoms in total. The lowest BCUT2D eigenvalue weighted by Crippen LogP contribution is -2.29. The highest BCUT2D eigenvalue weighted by atomic mass is 16.1. The minimum atomic E-state index is -0.290. The van der Waals surface area contributed by atoms with Gasteiger partial charge in [0.2, 0.25) is 0 Å². The van der Waals surface area contributed by atoms with E-state index < -0.39 is 0 Å². The number of anilines is 2. The lowest BCUT2D eigenvalue weighted by Gasteiger charge is -2.24. The van der Waals surface area contributed by atoms with Crippen LogP contribution in [0.5, 0.6) is 0 Å². The van der Waals surface area contributed by atoms with Gasteiger partial charge in [-0.05, 0) is 60.5 Å². The average molecular weight is 457 g/mol. The number of fused-ring (bicyclic) bond motifs is 1. The van der Waals surface area contributed by atoms with Crippen LogP contribution in [0.3, 0.4) is 0 Å². The SMILES string of the molecule is Cc1nc2ccc(N(C)c3ccc(C#N)cc3)cc2c(=O)n1C(c1ccccc1)c1ccccc1. The molecule has 1 aromatic heterocycles. The molecular formula is C30H24N4O. The van der Waals surface area contributed by atoms with E-state index in [9.17, 15) is 4.79 Å². The maximum absolute atomic E-state index is 14.0. The lowest BCUT2D eigenvalue weighted by molar-refractivity contribution is 0.620. The van der Waals surface area contributed by atoms with Crippen molar-refractivity contribution in [3.05, 3.63) is 136 Å². The molecule has 5 heteroatoms. The summed E-state index contributed by atoms with van der Waals surface area (Å²) in [5, 5.41) is 9.64. The molecule has 170 valence electrons. The van der Waals surface area contributed by atoms with Gasteiger partial charge in [0, 0.05) is 18.4 Å². The maximum Gasteiger partial charge on any atom is 0.262 e. The van der Waals surface area contributed by atoms with Gasteiger partial charge in [0.15, 0.2) is 0 Å². The van der Waals surface area contributed by atoms with Crippen LogP contribution in [0.25, 0.3) is 10.9 Å². The fourth-order valence-corrected chi connectivity index (χ4v) is 4.48. The van der Waals surface area contributed by atoms with E-state index >= 15 is 0 Å². The predicted molar refractivity (Wildman–Crippen MR) is 140 cm³/mol. The standard InChI is InChI=1S/C30H24N4O/c1-21-32-28-18-17-26(33(2)25-15-13-22(20-31)14-16-25)19-27(28)30(35)34(21)29(23-9-5-3-6-10-23)24-11-7-4-8-12-24/h3-19,29H,1-2H3. The Morgan fingerprint density at radius 1 is 0.829 bits per heavy atom. The number of rotatable bonds is 5. The second kappa shape index (κ2) is 9.28. The first-order valence-corrected chi connectivity index (χ1v) is 11.4. The normalized spacial score (nSPS) is 10.9. The average Bonchev–Trinajstić information content (AvgIpc) is 2.91. The number of aromatic nitrogens is 2.